The molecule has 4 saturated carbocycles. The molecule has 0 unspecified atom stereocenters. The average molecular weight is 405 g/mol. The van der Waals surface area contributed by atoms with E-state index in [-0.39, 0.29) is 17.9 Å². The summed E-state index contributed by atoms with van der Waals surface area (Å²) in [6.07, 6.45) is 11.5. The summed E-state index contributed by atoms with van der Waals surface area (Å²) >= 11 is 0. The molecule has 0 spiro atoms. The molecule has 0 N–H and O–H groups in total. The van der Waals surface area contributed by atoms with Crippen molar-refractivity contribution in [3.63, 3.8) is 0 Å². The monoisotopic (exact) mass is 404 g/mol. The highest BCUT2D eigenvalue weighted by molar-refractivity contribution is 5.66. The summed E-state index contributed by atoms with van der Waals surface area (Å²) in [5.41, 5.74) is 0.793. The molecule has 29 heavy (non-hydrogen) atoms. The predicted molar refractivity (Wildman–Crippen MR) is 111 cm³/mol. The lowest BCUT2D eigenvalue weighted by atomic mass is 9.44. The molecular formula is C25H40O4. The van der Waals surface area contributed by atoms with Gasteiger partial charge in [0.25, 0.3) is 0 Å². The minimum absolute atomic E-state index is 0.109. The molecule has 1 heterocycles. The molecule has 5 rings (SSSR count). The number of esters is 1. The van der Waals surface area contributed by atoms with Crippen molar-refractivity contribution in [3.8, 4) is 0 Å². The first-order chi connectivity index (χ1) is 13.8. The number of hydrogen-bond acceptors (Lipinski definition) is 4. The molecule has 5 aliphatic rings. The molecule has 1 aliphatic heterocycles. The molecule has 1 saturated heterocycles. The Hall–Kier alpha value is -0.610. The van der Waals surface area contributed by atoms with E-state index >= 15 is 0 Å². The SMILES string of the molecule is CC(=O)O[C@@H]1CC[C@@]2(C)[C@@H](CC[C@H]3[C@H]2CC[C@@]2(C)[C@@H]3CC[C@H]2C2(C)OCCO2)C1. The lowest BCUT2D eigenvalue weighted by molar-refractivity contribution is -0.219. The first kappa shape index (κ1) is 20.3. The molecule has 164 valence electrons. The van der Waals surface area contributed by atoms with Crippen LogP contribution < -0.4 is 0 Å². The van der Waals surface area contributed by atoms with Gasteiger partial charge in [0.2, 0.25) is 0 Å². The number of fused-ring (bicyclic) bond motifs is 5. The molecule has 0 aromatic heterocycles. The lowest BCUT2D eigenvalue weighted by Crippen LogP contribution is -2.55. The van der Waals surface area contributed by atoms with Crippen LogP contribution in [0.5, 0.6) is 0 Å². The van der Waals surface area contributed by atoms with Gasteiger partial charge in [-0.1, -0.05) is 13.8 Å². The van der Waals surface area contributed by atoms with Gasteiger partial charge >= 0.3 is 5.97 Å². The highest BCUT2D eigenvalue weighted by Crippen LogP contribution is 2.69. The molecule has 5 fully saturated rings. The summed E-state index contributed by atoms with van der Waals surface area (Å²) < 4.78 is 17.9. The summed E-state index contributed by atoms with van der Waals surface area (Å²) in [5.74, 6) is 3.31. The Morgan fingerprint density at radius 3 is 2.28 bits per heavy atom. The Morgan fingerprint density at radius 2 is 1.55 bits per heavy atom. The molecule has 4 nitrogen and oxygen atoms in total. The Labute approximate surface area is 176 Å². The van der Waals surface area contributed by atoms with E-state index < -0.39 is 0 Å². The average Bonchev–Trinajstić information content (AvgIpc) is 3.25. The summed E-state index contributed by atoms with van der Waals surface area (Å²) in [5, 5.41) is 0. The van der Waals surface area contributed by atoms with Crippen molar-refractivity contribution >= 4 is 5.97 Å². The summed E-state index contributed by atoms with van der Waals surface area (Å²) in [6.45, 7) is 10.4. The second kappa shape index (κ2) is 6.95. The number of carbonyl (C=O) groups excluding carboxylic acids is 1. The Morgan fingerprint density at radius 1 is 0.862 bits per heavy atom. The molecule has 0 aromatic carbocycles. The van der Waals surface area contributed by atoms with Crippen LogP contribution in [0.25, 0.3) is 0 Å². The van der Waals surface area contributed by atoms with E-state index in [2.05, 4.69) is 20.8 Å². The van der Waals surface area contributed by atoms with E-state index in [1.165, 1.54) is 44.9 Å². The van der Waals surface area contributed by atoms with Crippen LogP contribution >= 0.6 is 0 Å². The molecular weight excluding hydrogens is 364 g/mol. The van der Waals surface area contributed by atoms with Crippen LogP contribution in [0.2, 0.25) is 0 Å². The smallest absolute Gasteiger partial charge is 0.302 e. The van der Waals surface area contributed by atoms with E-state index in [0.717, 1.165) is 49.7 Å². The third kappa shape index (κ3) is 3.03. The van der Waals surface area contributed by atoms with Crippen LogP contribution in [0.1, 0.15) is 85.5 Å². The zero-order valence-electron chi connectivity index (χ0n) is 18.9. The van der Waals surface area contributed by atoms with Gasteiger partial charge in [-0.3, -0.25) is 4.79 Å². The Kier molecular flexibility index (Phi) is 4.87. The zero-order chi connectivity index (χ0) is 20.4. The molecule has 8 atom stereocenters. The van der Waals surface area contributed by atoms with Gasteiger partial charge < -0.3 is 14.2 Å². The van der Waals surface area contributed by atoms with Gasteiger partial charge in [0.1, 0.15) is 6.10 Å². The Bertz CT molecular complexity index is 655. The zero-order valence-corrected chi connectivity index (χ0v) is 18.9. The summed E-state index contributed by atoms with van der Waals surface area (Å²) in [4.78, 5) is 11.5. The number of hydrogen-bond donors (Lipinski definition) is 0. The van der Waals surface area contributed by atoms with Gasteiger partial charge in [-0.25, -0.2) is 0 Å². The van der Waals surface area contributed by atoms with Crippen molar-refractivity contribution in [2.24, 2.45) is 40.4 Å². The molecule has 0 amide bonds. The van der Waals surface area contributed by atoms with Crippen molar-refractivity contribution in [1.82, 2.24) is 0 Å². The van der Waals surface area contributed by atoms with Crippen LogP contribution in [0.4, 0.5) is 0 Å². The van der Waals surface area contributed by atoms with Gasteiger partial charge in [0.05, 0.1) is 13.2 Å². The fourth-order valence-electron chi connectivity index (χ4n) is 9.15. The van der Waals surface area contributed by atoms with Crippen molar-refractivity contribution in [2.45, 2.75) is 97.4 Å². The maximum absolute atomic E-state index is 11.5. The van der Waals surface area contributed by atoms with Crippen LogP contribution in [-0.4, -0.2) is 31.1 Å². The summed E-state index contributed by atoms with van der Waals surface area (Å²) in [6, 6.07) is 0. The number of carbonyl (C=O) groups is 1. The third-order valence-electron chi connectivity index (χ3n) is 10.4. The van der Waals surface area contributed by atoms with Gasteiger partial charge in [0.15, 0.2) is 5.79 Å². The molecule has 0 radical (unpaired) electrons. The van der Waals surface area contributed by atoms with Crippen LogP contribution in [0, 0.1) is 40.4 Å². The second-order valence-corrected chi connectivity index (χ2v) is 11.6. The molecule has 0 bridgehead atoms. The van der Waals surface area contributed by atoms with E-state index in [0.29, 0.717) is 16.7 Å². The minimum Gasteiger partial charge on any atom is -0.463 e. The van der Waals surface area contributed by atoms with Gasteiger partial charge in [-0.05, 0) is 99.2 Å². The normalized spacial score (nSPS) is 51.0. The molecule has 0 aromatic rings. The molecule has 4 heteroatoms. The van der Waals surface area contributed by atoms with Gasteiger partial charge in [-0.2, -0.15) is 0 Å². The first-order valence-corrected chi connectivity index (χ1v) is 12.2. The topological polar surface area (TPSA) is 44.8 Å². The predicted octanol–water partition coefficient (Wildman–Crippen LogP) is 5.34. The van der Waals surface area contributed by atoms with E-state index in [1.54, 1.807) is 6.92 Å². The first-order valence-electron chi connectivity index (χ1n) is 12.2. The molecule has 4 aliphatic carbocycles. The highest BCUT2D eigenvalue weighted by Gasteiger charge is 2.63. The van der Waals surface area contributed by atoms with Crippen molar-refractivity contribution in [2.75, 3.05) is 13.2 Å². The quantitative estimate of drug-likeness (QED) is 0.583. The largest absolute Gasteiger partial charge is 0.463 e. The van der Waals surface area contributed by atoms with Crippen LogP contribution in [0.3, 0.4) is 0 Å². The van der Waals surface area contributed by atoms with Crippen molar-refractivity contribution in [1.29, 1.82) is 0 Å². The summed E-state index contributed by atoms with van der Waals surface area (Å²) in [7, 11) is 0. The standard InChI is InChI=1S/C25H40O4/c1-16(26)29-18-9-11-23(2)17(15-18)5-6-19-20-7-8-22(25(4)27-13-14-28-25)24(20,3)12-10-21(19)23/h17-22H,5-15H2,1-4H3/t17-,18+,19+,20+,21+,22+,23-,24-/m0/s1. The van der Waals surface area contributed by atoms with Gasteiger partial charge in [0, 0.05) is 12.8 Å². The second-order valence-electron chi connectivity index (χ2n) is 11.6. The maximum Gasteiger partial charge on any atom is 0.302 e. The van der Waals surface area contributed by atoms with Crippen LogP contribution in [0.15, 0.2) is 0 Å². The number of rotatable bonds is 2. The van der Waals surface area contributed by atoms with Gasteiger partial charge in [-0.15, -0.1) is 0 Å². The van der Waals surface area contributed by atoms with Crippen molar-refractivity contribution in [3.05, 3.63) is 0 Å². The van der Waals surface area contributed by atoms with E-state index in [1.807, 2.05) is 0 Å². The van der Waals surface area contributed by atoms with Crippen molar-refractivity contribution < 1.29 is 19.0 Å². The van der Waals surface area contributed by atoms with E-state index in [4.69, 9.17) is 14.2 Å². The minimum atomic E-state index is -0.362. The number of ether oxygens (including phenoxy) is 3. The third-order valence-corrected chi connectivity index (χ3v) is 10.4. The highest BCUT2D eigenvalue weighted by atomic mass is 16.7. The fourth-order valence-corrected chi connectivity index (χ4v) is 9.15. The van der Waals surface area contributed by atoms with Crippen LogP contribution in [-0.2, 0) is 19.0 Å². The fraction of sp³-hybridized carbons (Fsp3) is 0.960. The van der Waals surface area contributed by atoms with E-state index in [9.17, 15) is 4.79 Å². The lowest BCUT2D eigenvalue weighted by Gasteiger charge is -2.61. The Balaban J connectivity index is 1.35. The maximum atomic E-state index is 11.5.